The predicted molar refractivity (Wildman–Crippen MR) is 64.2 cm³/mol. The summed E-state index contributed by atoms with van der Waals surface area (Å²) in [5.74, 6) is 0.222. The second-order valence-corrected chi connectivity index (χ2v) is 3.81. The fourth-order valence-corrected chi connectivity index (χ4v) is 2.07. The predicted octanol–water partition coefficient (Wildman–Crippen LogP) is 3.13. The van der Waals surface area contributed by atoms with Crippen LogP contribution in [-0.4, -0.2) is 9.97 Å². The number of hydrogen-bond acceptors (Lipinski definition) is 0. The molecule has 2 N–H and O–H groups in total. The molecule has 1 aliphatic carbocycles. The molecule has 0 fully saturated rings. The molecule has 2 heterocycles. The number of hydrogen-bond donors (Lipinski definition) is 2. The van der Waals surface area contributed by atoms with Crippen molar-refractivity contribution in [3.63, 3.8) is 0 Å². The van der Waals surface area contributed by atoms with Crippen molar-refractivity contribution < 1.29 is 0 Å². The van der Waals surface area contributed by atoms with E-state index in [1.54, 1.807) is 0 Å². The van der Waals surface area contributed by atoms with E-state index in [2.05, 4.69) is 33.9 Å². The van der Waals surface area contributed by atoms with Crippen molar-refractivity contribution in [1.29, 1.82) is 0 Å². The van der Waals surface area contributed by atoms with Crippen LogP contribution < -0.4 is 0 Å². The minimum atomic E-state index is 0.222. The van der Waals surface area contributed by atoms with E-state index in [-0.39, 0.29) is 5.92 Å². The third kappa shape index (κ3) is 1.46. The zero-order chi connectivity index (χ0) is 10.8. The first-order chi connectivity index (χ1) is 7.95. The highest BCUT2D eigenvalue weighted by Crippen LogP contribution is 2.31. The fraction of sp³-hybridized carbons (Fsp3) is 0.0714. The van der Waals surface area contributed by atoms with Crippen LogP contribution >= 0.6 is 0 Å². The van der Waals surface area contributed by atoms with Crippen molar-refractivity contribution >= 4 is 0 Å². The summed E-state index contributed by atoms with van der Waals surface area (Å²) >= 11 is 0. The third-order valence-electron chi connectivity index (χ3n) is 2.80. The van der Waals surface area contributed by atoms with Crippen LogP contribution in [0.25, 0.3) is 0 Å². The lowest BCUT2D eigenvalue weighted by molar-refractivity contribution is 0.901. The monoisotopic (exact) mass is 208 g/mol. The van der Waals surface area contributed by atoms with Gasteiger partial charge in [-0.05, 0) is 36.4 Å². The highest BCUT2D eigenvalue weighted by atomic mass is 14.7. The summed E-state index contributed by atoms with van der Waals surface area (Å²) in [5, 5.41) is 0. The minimum Gasteiger partial charge on any atom is -0.364 e. The molecule has 0 bridgehead atoms. The van der Waals surface area contributed by atoms with E-state index in [1.165, 1.54) is 17.0 Å². The lowest BCUT2D eigenvalue weighted by Gasteiger charge is -2.13. The van der Waals surface area contributed by atoms with Gasteiger partial charge in [0, 0.05) is 29.4 Å². The van der Waals surface area contributed by atoms with E-state index >= 15 is 0 Å². The van der Waals surface area contributed by atoms with Gasteiger partial charge in [-0.25, -0.2) is 0 Å². The summed E-state index contributed by atoms with van der Waals surface area (Å²) in [4.78, 5) is 6.55. The van der Waals surface area contributed by atoms with Crippen LogP contribution in [0.3, 0.4) is 0 Å². The minimum absolute atomic E-state index is 0.222. The van der Waals surface area contributed by atoms with Crippen molar-refractivity contribution in [3.8, 4) is 0 Å². The average molecular weight is 208 g/mol. The fourth-order valence-electron chi connectivity index (χ4n) is 2.07. The summed E-state index contributed by atoms with van der Waals surface area (Å²) < 4.78 is 0. The Labute approximate surface area is 94.0 Å². The molecule has 0 spiro atoms. The Morgan fingerprint density at radius 3 is 2.12 bits per heavy atom. The second kappa shape index (κ2) is 3.76. The topological polar surface area (TPSA) is 31.6 Å². The van der Waals surface area contributed by atoms with Gasteiger partial charge in [-0.15, -0.1) is 5.73 Å². The largest absolute Gasteiger partial charge is 0.364 e. The van der Waals surface area contributed by atoms with Crippen LogP contribution in [0.5, 0.6) is 0 Å². The molecule has 0 saturated carbocycles. The molecule has 0 unspecified atom stereocenters. The molecule has 0 amide bonds. The lowest BCUT2D eigenvalue weighted by atomic mass is 9.93. The maximum atomic E-state index is 3.27. The van der Waals surface area contributed by atoms with Gasteiger partial charge in [0.25, 0.3) is 0 Å². The summed E-state index contributed by atoms with van der Waals surface area (Å²) in [5.41, 5.74) is 6.83. The molecule has 2 nitrogen and oxygen atoms in total. The molecule has 2 aromatic rings. The van der Waals surface area contributed by atoms with Gasteiger partial charge in [0.2, 0.25) is 0 Å². The van der Waals surface area contributed by atoms with Gasteiger partial charge in [-0.3, -0.25) is 0 Å². The second-order valence-electron chi connectivity index (χ2n) is 3.81. The number of allylic oxidation sites excluding steroid dienone is 3. The maximum absolute atomic E-state index is 3.27. The summed E-state index contributed by atoms with van der Waals surface area (Å²) in [6.07, 6.45) is 9.98. The standard InChI is InChI=1S/C14H12N2/c1-2-6-11(5-1)14(12-7-3-9-15-12)13-8-4-10-16-13/h1-5,7-10,14-16H. The normalized spacial score (nSPS) is 13.7. The van der Waals surface area contributed by atoms with Crippen LogP contribution in [-0.2, 0) is 0 Å². The number of rotatable bonds is 3. The molecule has 78 valence electrons. The van der Waals surface area contributed by atoms with Gasteiger partial charge in [0.15, 0.2) is 0 Å². The van der Waals surface area contributed by atoms with E-state index in [4.69, 9.17) is 0 Å². The summed E-state index contributed by atoms with van der Waals surface area (Å²) in [6, 6.07) is 8.25. The molecular weight excluding hydrogens is 196 g/mol. The van der Waals surface area contributed by atoms with Crippen molar-refractivity contribution in [2.45, 2.75) is 5.92 Å². The van der Waals surface area contributed by atoms with Gasteiger partial charge in [-0.2, -0.15) is 0 Å². The van der Waals surface area contributed by atoms with Crippen LogP contribution in [0.4, 0.5) is 0 Å². The first-order valence-electron chi connectivity index (χ1n) is 5.35. The van der Waals surface area contributed by atoms with Crippen LogP contribution in [0.15, 0.2) is 66.2 Å². The Bertz CT molecular complexity index is 516. The highest BCUT2D eigenvalue weighted by Gasteiger charge is 2.19. The zero-order valence-electron chi connectivity index (χ0n) is 8.77. The Morgan fingerprint density at radius 1 is 1.00 bits per heavy atom. The Hall–Kier alpha value is -2.18. The first kappa shape index (κ1) is 9.08. The molecule has 2 aromatic heterocycles. The lowest BCUT2D eigenvalue weighted by Crippen LogP contribution is -2.03. The van der Waals surface area contributed by atoms with E-state index in [0.29, 0.717) is 0 Å². The zero-order valence-corrected chi connectivity index (χ0v) is 8.77. The SMILES string of the molecule is C1=CC=CC=1C(c1ccc[nH]1)c1ccc[nH]1. The van der Waals surface area contributed by atoms with Crippen LogP contribution in [0.1, 0.15) is 17.3 Å². The van der Waals surface area contributed by atoms with Crippen molar-refractivity contribution in [2.75, 3.05) is 0 Å². The van der Waals surface area contributed by atoms with E-state index in [0.717, 1.165) is 0 Å². The quantitative estimate of drug-likeness (QED) is 0.726. The van der Waals surface area contributed by atoms with E-state index < -0.39 is 0 Å². The van der Waals surface area contributed by atoms with E-state index in [9.17, 15) is 0 Å². The van der Waals surface area contributed by atoms with Crippen molar-refractivity contribution in [2.24, 2.45) is 0 Å². The molecule has 0 radical (unpaired) electrons. The molecule has 1 aliphatic rings. The average Bonchev–Trinajstić information content (AvgIpc) is 3.02. The summed E-state index contributed by atoms with van der Waals surface area (Å²) in [6.45, 7) is 0. The number of nitrogens with one attached hydrogen (secondary N) is 2. The number of aromatic amines is 2. The van der Waals surface area contributed by atoms with Gasteiger partial charge in [0.05, 0.1) is 5.92 Å². The Morgan fingerprint density at radius 2 is 1.69 bits per heavy atom. The van der Waals surface area contributed by atoms with E-state index in [1.807, 2.05) is 36.7 Å². The third-order valence-corrected chi connectivity index (χ3v) is 2.80. The molecule has 0 aliphatic heterocycles. The van der Waals surface area contributed by atoms with Gasteiger partial charge in [-0.1, -0.05) is 6.08 Å². The molecular formula is C14H12N2. The van der Waals surface area contributed by atoms with Gasteiger partial charge >= 0.3 is 0 Å². The molecule has 0 aromatic carbocycles. The first-order valence-corrected chi connectivity index (χ1v) is 5.35. The molecule has 3 rings (SSSR count). The van der Waals surface area contributed by atoms with Gasteiger partial charge < -0.3 is 9.97 Å². The number of aromatic nitrogens is 2. The smallest absolute Gasteiger partial charge is 0.0714 e. The molecule has 0 saturated heterocycles. The molecule has 16 heavy (non-hydrogen) atoms. The Balaban J connectivity index is 2.09. The van der Waals surface area contributed by atoms with Crippen LogP contribution in [0, 0.1) is 0 Å². The van der Waals surface area contributed by atoms with Crippen molar-refractivity contribution in [3.05, 3.63) is 77.6 Å². The molecule has 2 heteroatoms. The molecule has 0 atom stereocenters. The van der Waals surface area contributed by atoms with Crippen molar-refractivity contribution in [1.82, 2.24) is 9.97 Å². The van der Waals surface area contributed by atoms with Gasteiger partial charge in [0.1, 0.15) is 0 Å². The maximum Gasteiger partial charge on any atom is 0.0714 e. The highest BCUT2D eigenvalue weighted by molar-refractivity contribution is 5.43. The summed E-state index contributed by atoms with van der Waals surface area (Å²) in [7, 11) is 0. The number of H-pyrrole nitrogens is 2. The van der Waals surface area contributed by atoms with Crippen LogP contribution in [0.2, 0.25) is 0 Å². The Kier molecular flexibility index (Phi) is 2.13.